The molecule has 0 spiro atoms. The Kier molecular flexibility index (Phi) is 9.14. The number of guanidine groups is 1. The zero-order valence-corrected chi connectivity index (χ0v) is 17.8. The molecule has 1 heterocycles. The lowest BCUT2D eigenvalue weighted by molar-refractivity contribution is -0.127. The third-order valence-corrected chi connectivity index (χ3v) is 4.75. The molecule has 1 fully saturated rings. The summed E-state index contributed by atoms with van der Waals surface area (Å²) in [6.45, 7) is 5.15. The Morgan fingerprint density at radius 2 is 1.97 bits per heavy atom. The highest BCUT2D eigenvalue weighted by Crippen LogP contribution is 2.19. The summed E-state index contributed by atoms with van der Waals surface area (Å²) in [4.78, 5) is 22.3. The molecule has 0 aliphatic carbocycles. The van der Waals surface area contributed by atoms with Crippen molar-refractivity contribution in [3.8, 4) is 5.75 Å². The van der Waals surface area contributed by atoms with Crippen molar-refractivity contribution >= 4 is 11.9 Å². The summed E-state index contributed by atoms with van der Waals surface area (Å²) in [5.41, 5.74) is 0.917. The molecule has 1 aliphatic heterocycles. The number of likely N-dealkylation sites (N-methyl/N-ethyl adjacent to an activating group) is 1. The van der Waals surface area contributed by atoms with Crippen LogP contribution >= 0.6 is 0 Å². The number of piperazine rings is 1. The molecule has 0 saturated carbocycles. The van der Waals surface area contributed by atoms with E-state index in [1.807, 2.05) is 6.07 Å². The number of hydrogen-bond donors (Lipinski definition) is 1. The van der Waals surface area contributed by atoms with Crippen molar-refractivity contribution in [3.63, 3.8) is 0 Å². The monoisotopic (exact) mass is 409 g/mol. The first-order valence-electron chi connectivity index (χ1n) is 9.71. The van der Waals surface area contributed by atoms with Crippen LogP contribution in [0.1, 0.15) is 5.56 Å². The number of hydrogen-bond acceptors (Lipinski definition) is 5. The lowest BCUT2D eigenvalue weighted by Crippen LogP contribution is -2.52. The van der Waals surface area contributed by atoms with E-state index in [0.717, 1.165) is 31.7 Å². The third-order valence-electron chi connectivity index (χ3n) is 4.75. The quantitative estimate of drug-likeness (QED) is 0.386. The number of halogens is 1. The Balaban J connectivity index is 1.92. The van der Waals surface area contributed by atoms with Crippen LogP contribution < -0.4 is 10.1 Å². The molecule has 2 rings (SSSR count). The van der Waals surface area contributed by atoms with Crippen molar-refractivity contribution in [2.45, 2.75) is 6.54 Å². The maximum absolute atomic E-state index is 13.9. The average molecular weight is 410 g/mol. The smallest absolute Gasteiger partial charge is 0.243 e. The fourth-order valence-electron chi connectivity index (χ4n) is 3.00. The summed E-state index contributed by atoms with van der Waals surface area (Å²) in [6, 6.07) is 5.07. The van der Waals surface area contributed by atoms with Crippen LogP contribution in [0.2, 0.25) is 0 Å². The fraction of sp³-hybridized carbons (Fsp3) is 0.600. The maximum Gasteiger partial charge on any atom is 0.243 e. The fourth-order valence-corrected chi connectivity index (χ4v) is 3.00. The van der Waals surface area contributed by atoms with Crippen molar-refractivity contribution < 1.29 is 18.7 Å². The summed E-state index contributed by atoms with van der Waals surface area (Å²) in [5, 5.41) is 3.27. The minimum atomic E-state index is -0.342. The van der Waals surface area contributed by atoms with E-state index in [-0.39, 0.29) is 24.0 Å². The van der Waals surface area contributed by atoms with Crippen LogP contribution in [0, 0.1) is 5.82 Å². The highest BCUT2D eigenvalue weighted by Gasteiger charge is 2.20. The minimum absolute atomic E-state index is 0.0452. The van der Waals surface area contributed by atoms with Crippen molar-refractivity contribution in [2.24, 2.45) is 4.99 Å². The van der Waals surface area contributed by atoms with Crippen molar-refractivity contribution in [2.75, 3.05) is 74.2 Å². The zero-order chi connectivity index (χ0) is 21.2. The number of nitrogens with one attached hydrogen (secondary N) is 1. The van der Waals surface area contributed by atoms with Crippen LogP contribution in [0.3, 0.4) is 0 Å². The molecular weight excluding hydrogens is 377 g/mol. The Bertz CT molecular complexity index is 691. The standard InChI is InChI=1S/C20H32FN5O3/c1-24(2)19(27)14-23-20(22-7-12-28-3)26-10-8-25(9-11-26)15-16-5-6-18(29-4)17(21)13-16/h5-6,13H,7-12,14-15H2,1-4H3,(H,22,23). The largest absolute Gasteiger partial charge is 0.494 e. The number of aliphatic imine (C=N–C) groups is 1. The summed E-state index contributed by atoms with van der Waals surface area (Å²) in [5.74, 6) is 0.586. The number of nitrogens with zero attached hydrogens (tertiary/aromatic N) is 4. The van der Waals surface area contributed by atoms with Crippen LogP contribution in [-0.4, -0.2) is 101 Å². The number of amides is 1. The van der Waals surface area contributed by atoms with Gasteiger partial charge in [-0.1, -0.05) is 6.07 Å². The molecule has 0 atom stereocenters. The van der Waals surface area contributed by atoms with Gasteiger partial charge in [0.1, 0.15) is 6.54 Å². The maximum atomic E-state index is 13.9. The molecular formula is C20H32FN5O3. The second kappa shape index (κ2) is 11.6. The van der Waals surface area contributed by atoms with Crippen LogP contribution in [0.4, 0.5) is 4.39 Å². The summed E-state index contributed by atoms with van der Waals surface area (Å²) < 4.78 is 24.0. The molecule has 1 saturated heterocycles. The molecule has 0 aromatic heterocycles. The van der Waals surface area contributed by atoms with Gasteiger partial charge in [-0.25, -0.2) is 9.38 Å². The number of methoxy groups -OCH3 is 2. The van der Waals surface area contributed by atoms with Crippen molar-refractivity contribution in [3.05, 3.63) is 29.6 Å². The SMILES string of the molecule is COCCNC(=NCC(=O)N(C)C)N1CCN(Cc2ccc(OC)c(F)c2)CC1. The molecule has 29 heavy (non-hydrogen) atoms. The Labute approximate surface area is 172 Å². The number of benzene rings is 1. The predicted molar refractivity (Wildman–Crippen MR) is 111 cm³/mol. The Hall–Kier alpha value is -2.39. The van der Waals surface area contributed by atoms with Crippen LogP contribution in [0.5, 0.6) is 5.75 Å². The van der Waals surface area contributed by atoms with E-state index in [1.54, 1.807) is 27.3 Å². The van der Waals surface area contributed by atoms with Crippen molar-refractivity contribution in [1.29, 1.82) is 0 Å². The lowest BCUT2D eigenvalue weighted by Gasteiger charge is -2.36. The van der Waals surface area contributed by atoms with Gasteiger partial charge in [-0.15, -0.1) is 0 Å². The van der Waals surface area contributed by atoms with E-state index >= 15 is 0 Å². The average Bonchev–Trinajstić information content (AvgIpc) is 2.71. The molecule has 0 bridgehead atoms. The first-order chi connectivity index (χ1) is 13.9. The molecule has 162 valence electrons. The Morgan fingerprint density at radius 1 is 1.24 bits per heavy atom. The highest BCUT2D eigenvalue weighted by molar-refractivity contribution is 5.84. The summed E-state index contributed by atoms with van der Waals surface area (Å²) in [7, 11) is 6.55. The molecule has 9 heteroatoms. The first-order valence-corrected chi connectivity index (χ1v) is 9.71. The molecule has 1 N–H and O–H groups in total. The van der Waals surface area contributed by atoms with Crippen LogP contribution in [0.15, 0.2) is 23.2 Å². The Morgan fingerprint density at radius 3 is 2.55 bits per heavy atom. The number of rotatable bonds is 8. The predicted octanol–water partition coefficient (Wildman–Crippen LogP) is 0.632. The molecule has 8 nitrogen and oxygen atoms in total. The molecule has 1 aromatic rings. The molecule has 1 aliphatic rings. The van der Waals surface area contributed by atoms with Crippen LogP contribution in [-0.2, 0) is 16.1 Å². The van der Waals surface area contributed by atoms with E-state index in [4.69, 9.17) is 9.47 Å². The highest BCUT2D eigenvalue weighted by atomic mass is 19.1. The van der Waals surface area contributed by atoms with Gasteiger partial charge in [-0.2, -0.15) is 0 Å². The van der Waals surface area contributed by atoms with Gasteiger partial charge in [0, 0.05) is 60.5 Å². The van der Waals surface area contributed by atoms with Gasteiger partial charge in [0.05, 0.1) is 13.7 Å². The van der Waals surface area contributed by atoms with Gasteiger partial charge in [-0.3, -0.25) is 9.69 Å². The second-order valence-electron chi connectivity index (χ2n) is 7.08. The van der Waals surface area contributed by atoms with Crippen LogP contribution in [0.25, 0.3) is 0 Å². The van der Waals surface area contributed by atoms with E-state index in [9.17, 15) is 9.18 Å². The van der Waals surface area contributed by atoms with Crippen molar-refractivity contribution in [1.82, 2.24) is 20.0 Å². The zero-order valence-electron chi connectivity index (χ0n) is 17.8. The third kappa shape index (κ3) is 7.17. The van der Waals surface area contributed by atoms with Gasteiger partial charge in [0.25, 0.3) is 0 Å². The number of carbonyl (C=O) groups excluding carboxylic acids is 1. The topological polar surface area (TPSA) is 69.6 Å². The summed E-state index contributed by atoms with van der Waals surface area (Å²) >= 11 is 0. The minimum Gasteiger partial charge on any atom is -0.494 e. The molecule has 0 unspecified atom stereocenters. The number of carbonyl (C=O) groups is 1. The lowest BCUT2D eigenvalue weighted by atomic mass is 10.2. The number of ether oxygens (including phenoxy) is 2. The van der Waals surface area contributed by atoms with E-state index < -0.39 is 0 Å². The second-order valence-corrected chi connectivity index (χ2v) is 7.08. The first kappa shape index (κ1) is 22.9. The van der Waals surface area contributed by atoms with E-state index in [0.29, 0.717) is 25.7 Å². The summed E-state index contributed by atoms with van der Waals surface area (Å²) in [6.07, 6.45) is 0. The van der Waals surface area contributed by atoms with E-state index in [1.165, 1.54) is 18.1 Å². The van der Waals surface area contributed by atoms with Gasteiger partial charge in [-0.05, 0) is 17.7 Å². The van der Waals surface area contributed by atoms with Gasteiger partial charge >= 0.3 is 0 Å². The molecule has 1 amide bonds. The van der Waals surface area contributed by atoms with Gasteiger partial charge < -0.3 is 24.6 Å². The van der Waals surface area contributed by atoms with E-state index in [2.05, 4.69) is 20.1 Å². The molecule has 0 radical (unpaired) electrons. The normalized spacial score (nSPS) is 15.3. The molecule has 1 aromatic carbocycles. The van der Waals surface area contributed by atoms with Gasteiger partial charge in [0.2, 0.25) is 5.91 Å². The van der Waals surface area contributed by atoms with Gasteiger partial charge in [0.15, 0.2) is 17.5 Å².